The molecule has 4 heteroatoms. The molecule has 0 amide bonds. The normalized spacial score (nSPS) is 22.4. The molecular weight excluding hydrogens is 144 g/mol. The van der Waals surface area contributed by atoms with Gasteiger partial charge in [-0.25, -0.2) is 0 Å². The second-order valence-corrected chi connectivity index (χ2v) is 3.00. The van der Waals surface area contributed by atoms with Gasteiger partial charge in [0, 0.05) is 0 Å². The molecule has 2 atom stereocenters. The van der Waals surface area contributed by atoms with E-state index in [1.807, 2.05) is 0 Å². The van der Waals surface area contributed by atoms with E-state index in [1.54, 1.807) is 13.8 Å². The van der Waals surface area contributed by atoms with Crippen LogP contribution in [-0.2, 0) is 0 Å². The van der Waals surface area contributed by atoms with E-state index in [1.165, 1.54) is 0 Å². The zero-order chi connectivity index (χ0) is 9.07. The fraction of sp³-hybridized carbons (Fsp3) is 1.00. The van der Waals surface area contributed by atoms with E-state index in [4.69, 9.17) is 11.5 Å². The minimum atomic E-state index is -0.964. The first-order valence-corrected chi connectivity index (χ1v) is 3.80. The number of hydrogen-bond acceptors (Lipinski definition) is 4. The molecule has 0 aliphatic heterocycles. The van der Waals surface area contributed by atoms with Crippen molar-refractivity contribution in [2.24, 2.45) is 11.5 Å². The Labute approximate surface area is 67.2 Å². The van der Waals surface area contributed by atoms with Crippen molar-refractivity contribution in [1.29, 1.82) is 0 Å². The standard InChI is InChI=1S/C7H18N2O2/c1-5(10)7(9,3-4-8)6(2)11/h5-6,10-11H,3-4,8-9H2,1-2H3. The number of rotatable bonds is 4. The molecule has 0 aromatic heterocycles. The van der Waals surface area contributed by atoms with Crippen molar-refractivity contribution in [3.05, 3.63) is 0 Å². The fourth-order valence-corrected chi connectivity index (χ4v) is 1.02. The van der Waals surface area contributed by atoms with Gasteiger partial charge in [0.15, 0.2) is 0 Å². The van der Waals surface area contributed by atoms with Gasteiger partial charge in [-0.2, -0.15) is 0 Å². The maximum atomic E-state index is 9.23. The topological polar surface area (TPSA) is 92.5 Å². The van der Waals surface area contributed by atoms with Gasteiger partial charge < -0.3 is 21.7 Å². The molecule has 68 valence electrons. The second-order valence-electron chi connectivity index (χ2n) is 3.00. The van der Waals surface area contributed by atoms with Crippen LogP contribution in [0.5, 0.6) is 0 Å². The van der Waals surface area contributed by atoms with Crippen LogP contribution in [0.3, 0.4) is 0 Å². The molecule has 0 bridgehead atoms. The van der Waals surface area contributed by atoms with Crippen LogP contribution in [-0.4, -0.2) is 34.5 Å². The summed E-state index contributed by atoms with van der Waals surface area (Å²) < 4.78 is 0. The van der Waals surface area contributed by atoms with Crippen molar-refractivity contribution >= 4 is 0 Å². The van der Waals surface area contributed by atoms with Gasteiger partial charge in [-0.05, 0) is 26.8 Å². The molecule has 0 saturated heterocycles. The van der Waals surface area contributed by atoms with Gasteiger partial charge in [-0.15, -0.1) is 0 Å². The minimum Gasteiger partial charge on any atom is -0.391 e. The summed E-state index contributed by atoms with van der Waals surface area (Å²) in [5.41, 5.74) is 10.0. The third kappa shape index (κ3) is 2.41. The van der Waals surface area contributed by atoms with Crippen LogP contribution >= 0.6 is 0 Å². The average Bonchev–Trinajstić information content (AvgIpc) is 1.87. The lowest BCUT2D eigenvalue weighted by molar-refractivity contribution is 0.00404. The SMILES string of the molecule is CC(O)C(N)(CCN)C(C)O. The molecule has 4 nitrogen and oxygen atoms in total. The highest BCUT2D eigenvalue weighted by molar-refractivity contribution is 4.94. The Morgan fingerprint density at radius 1 is 1.27 bits per heavy atom. The van der Waals surface area contributed by atoms with Crippen LogP contribution in [0.2, 0.25) is 0 Å². The first-order chi connectivity index (χ1) is 4.95. The molecule has 0 aliphatic rings. The van der Waals surface area contributed by atoms with E-state index in [9.17, 15) is 10.2 Å². The summed E-state index contributed by atoms with van der Waals surface area (Å²) in [5, 5.41) is 18.5. The third-order valence-electron chi connectivity index (χ3n) is 2.13. The Morgan fingerprint density at radius 3 is 1.73 bits per heavy atom. The first-order valence-electron chi connectivity index (χ1n) is 3.80. The van der Waals surface area contributed by atoms with Crippen LogP contribution in [0, 0.1) is 0 Å². The van der Waals surface area contributed by atoms with Crippen LogP contribution in [0.25, 0.3) is 0 Å². The Bertz CT molecular complexity index is 107. The van der Waals surface area contributed by atoms with E-state index in [2.05, 4.69) is 0 Å². The Kier molecular flexibility index (Phi) is 3.96. The lowest BCUT2D eigenvalue weighted by Crippen LogP contribution is -2.58. The van der Waals surface area contributed by atoms with Gasteiger partial charge >= 0.3 is 0 Å². The minimum absolute atomic E-state index is 0.367. The highest BCUT2D eigenvalue weighted by Gasteiger charge is 2.34. The number of hydrogen-bond donors (Lipinski definition) is 4. The van der Waals surface area contributed by atoms with Gasteiger partial charge in [0.1, 0.15) is 0 Å². The third-order valence-corrected chi connectivity index (χ3v) is 2.13. The van der Waals surface area contributed by atoms with Crippen LogP contribution in [0.4, 0.5) is 0 Å². The van der Waals surface area contributed by atoms with Gasteiger partial charge in [0.05, 0.1) is 17.7 Å². The predicted octanol–water partition coefficient (Wildman–Crippen LogP) is -1.21. The number of aliphatic hydroxyl groups excluding tert-OH is 2. The summed E-state index contributed by atoms with van der Waals surface area (Å²) in [7, 11) is 0. The highest BCUT2D eigenvalue weighted by atomic mass is 16.3. The van der Waals surface area contributed by atoms with Crippen molar-refractivity contribution in [1.82, 2.24) is 0 Å². The largest absolute Gasteiger partial charge is 0.391 e. The van der Waals surface area contributed by atoms with Gasteiger partial charge in [0.2, 0.25) is 0 Å². The molecule has 0 saturated carbocycles. The predicted molar refractivity (Wildman–Crippen MR) is 44.0 cm³/mol. The summed E-state index contributed by atoms with van der Waals surface area (Å²) in [5.74, 6) is 0. The maximum absolute atomic E-state index is 9.23. The maximum Gasteiger partial charge on any atom is 0.0717 e. The molecule has 0 rings (SSSR count). The highest BCUT2D eigenvalue weighted by Crippen LogP contribution is 2.16. The number of aliphatic hydroxyl groups is 2. The second kappa shape index (κ2) is 4.01. The zero-order valence-corrected chi connectivity index (χ0v) is 7.12. The molecule has 11 heavy (non-hydrogen) atoms. The van der Waals surface area contributed by atoms with E-state index < -0.39 is 17.7 Å². The van der Waals surface area contributed by atoms with Crippen LogP contribution in [0.15, 0.2) is 0 Å². The van der Waals surface area contributed by atoms with Crippen LogP contribution in [0.1, 0.15) is 20.3 Å². The molecule has 0 fully saturated rings. The van der Waals surface area contributed by atoms with Crippen molar-refractivity contribution in [3.63, 3.8) is 0 Å². The summed E-state index contributed by atoms with van der Waals surface area (Å²) in [6.45, 7) is 3.48. The number of nitrogens with two attached hydrogens (primary N) is 2. The zero-order valence-electron chi connectivity index (χ0n) is 7.12. The molecular formula is C7H18N2O2. The van der Waals surface area contributed by atoms with Gasteiger partial charge in [0.25, 0.3) is 0 Å². The Hall–Kier alpha value is -0.160. The van der Waals surface area contributed by atoms with E-state index in [-0.39, 0.29) is 0 Å². The van der Waals surface area contributed by atoms with Crippen molar-refractivity contribution in [2.45, 2.75) is 38.0 Å². The van der Waals surface area contributed by atoms with Crippen LogP contribution < -0.4 is 11.5 Å². The molecule has 0 heterocycles. The first kappa shape index (κ1) is 10.8. The fourth-order valence-electron chi connectivity index (χ4n) is 1.02. The van der Waals surface area contributed by atoms with Crippen molar-refractivity contribution in [2.75, 3.05) is 6.54 Å². The smallest absolute Gasteiger partial charge is 0.0717 e. The molecule has 0 aromatic carbocycles. The van der Waals surface area contributed by atoms with E-state index in [0.29, 0.717) is 13.0 Å². The lowest BCUT2D eigenvalue weighted by Gasteiger charge is -2.34. The average molecular weight is 162 g/mol. The monoisotopic (exact) mass is 162 g/mol. The van der Waals surface area contributed by atoms with Gasteiger partial charge in [-0.1, -0.05) is 0 Å². The summed E-state index contributed by atoms with van der Waals surface area (Å²) in [4.78, 5) is 0. The molecule has 0 aliphatic carbocycles. The Morgan fingerprint density at radius 2 is 1.64 bits per heavy atom. The summed E-state index contributed by atoms with van der Waals surface area (Å²) in [6.07, 6.45) is -1.07. The Balaban J connectivity index is 4.26. The molecule has 0 spiro atoms. The van der Waals surface area contributed by atoms with Crippen molar-refractivity contribution < 1.29 is 10.2 Å². The quantitative estimate of drug-likeness (QED) is 0.417. The molecule has 0 radical (unpaired) electrons. The lowest BCUT2D eigenvalue weighted by atomic mass is 9.85. The van der Waals surface area contributed by atoms with Gasteiger partial charge in [-0.3, -0.25) is 0 Å². The summed E-state index contributed by atoms with van der Waals surface area (Å²) >= 11 is 0. The van der Waals surface area contributed by atoms with Crippen molar-refractivity contribution in [3.8, 4) is 0 Å². The summed E-state index contributed by atoms with van der Waals surface area (Å²) in [6, 6.07) is 0. The van der Waals surface area contributed by atoms with E-state index in [0.717, 1.165) is 0 Å². The molecule has 2 unspecified atom stereocenters. The molecule has 0 aromatic rings. The molecule has 6 N–H and O–H groups in total. The van der Waals surface area contributed by atoms with E-state index >= 15 is 0 Å².